The minimum Gasteiger partial charge on any atom is -0.439 e. The number of hydrogen-bond acceptors (Lipinski definition) is 7. The van der Waals surface area contributed by atoms with E-state index in [9.17, 15) is 21.6 Å². The highest BCUT2D eigenvalue weighted by Gasteiger charge is 2.36. The summed E-state index contributed by atoms with van der Waals surface area (Å²) in [6, 6.07) is 15.7. The third-order valence-corrected chi connectivity index (χ3v) is 9.82. The summed E-state index contributed by atoms with van der Waals surface area (Å²) in [6.07, 6.45) is 0.314. The third-order valence-electron chi connectivity index (χ3n) is 5.90. The summed E-state index contributed by atoms with van der Waals surface area (Å²) in [6.45, 7) is 0.169. The molecule has 2 heterocycles. The maximum atomic E-state index is 13.5. The molecule has 0 saturated carbocycles. The average Bonchev–Trinajstić information content (AvgIpc) is 3.45. The van der Waals surface area contributed by atoms with Crippen LogP contribution in [0.4, 0.5) is 5.69 Å². The summed E-state index contributed by atoms with van der Waals surface area (Å²) in [7, 11) is -3.37. The standard InChI is InChI=1S/C24H25BrN2O6S2/c1-26(2)19-7-3-17(4-8-19)15-27(20-13-14-34(29,30)16-20)24(28)22-11-12-23(33-22)35(31,32)21-9-5-18(25)6-10-21/h3-12,20H,13-16H2,1-2H3. The van der Waals surface area contributed by atoms with E-state index in [1.54, 1.807) is 12.1 Å². The van der Waals surface area contributed by atoms with Gasteiger partial charge >= 0.3 is 0 Å². The number of benzene rings is 2. The highest BCUT2D eigenvalue weighted by Crippen LogP contribution is 2.27. The van der Waals surface area contributed by atoms with Gasteiger partial charge in [-0.3, -0.25) is 4.79 Å². The predicted octanol–water partition coefficient (Wildman–Crippen LogP) is 3.77. The summed E-state index contributed by atoms with van der Waals surface area (Å²) >= 11 is 3.27. The molecule has 1 aliphatic heterocycles. The number of nitrogens with zero attached hydrogens (tertiary/aromatic N) is 2. The van der Waals surface area contributed by atoms with Crippen molar-refractivity contribution < 1.29 is 26.0 Å². The number of halogens is 1. The Kier molecular flexibility index (Phi) is 7.12. The third kappa shape index (κ3) is 5.62. The maximum Gasteiger partial charge on any atom is 0.290 e. The summed E-state index contributed by atoms with van der Waals surface area (Å²) in [5.74, 6) is -0.849. The molecule has 1 unspecified atom stereocenters. The molecule has 0 radical (unpaired) electrons. The second-order valence-corrected chi connectivity index (χ2v) is 13.7. The van der Waals surface area contributed by atoms with Crippen LogP contribution in [0.15, 0.2) is 79.5 Å². The molecule has 0 N–H and O–H groups in total. The molecule has 4 rings (SSSR count). The van der Waals surface area contributed by atoms with Crippen molar-refractivity contribution in [3.63, 3.8) is 0 Å². The highest BCUT2D eigenvalue weighted by atomic mass is 79.9. The molecule has 1 aliphatic rings. The van der Waals surface area contributed by atoms with Crippen LogP contribution in [0, 0.1) is 0 Å². The van der Waals surface area contributed by atoms with Crippen molar-refractivity contribution in [3.8, 4) is 0 Å². The minimum absolute atomic E-state index is 0.00235. The largest absolute Gasteiger partial charge is 0.439 e. The zero-order chi connectivity index (χ0) is 25.4. The van der Waals surface area contributed by atoms with Gasteiger partial charge in [-0.2, -0.15) is 0 Å². The Morgan fingerprint density at radius 3 is 2.26 bits per heavy atom. The fraction of sp³-hybridized carbons (Fsp3) is 0.292. The molecule has 35 heavy (non-hydrogen) atoms. The lowest BCUT2D eigenvalue weighted by Gasteiger charge is -2.28. The van der Waals surface area contributed by atoms with Crippen LogP contribution in [-0.4, -0.2) is 59.3 Å². The number of hydrogen-bond donors (Lipinski definition) is 0. The first-order valence-electron chi connectivity index (χ1n) is 10.8. The predicted molar refractivity (Wildman–Crippen MR) is 136 cm³/mol. The van der Waals surface area contributed by atoms with E-state index in [0.29, 0.717) is 6.42 Å². The van der Waals surface area contributed by atoms with Gasteiger partial charge < -0.3 is 14.2 Å². The summed E-state index contributed by atoms with van der Waals surface area (Å²) < 4.78 is 56.5. The monoisotopic (exact) mass is 580 g/mol. The van der Waals surface area contributed by atoms with Crippen LogP contribution >= 0.6 is 15.9 Å². The SMILES string of the molecule is CN(C)c1ccc(CN(C(=O)c2ccc(S(=O)(=O)c3ccc(Br)cc3)o2)C2CCS(=O)(=O)C2)cc1. The molecule has 0 aliphatic carbocycles. The molecule has 1 amide bonds. The van der Waals surface area contributed by atoms with Gasteiger partial charge in [0.05, 0.1) is 16.4 Å². The zero-order valence-corrected chi connectivity index (χ0v) is 22.4. The lowest BCUT2D eigenvalue weighted by molar-refractivity contribution is 0.0642. The van der Waals surface area contributed by atoms with Crippen molar-refractivity contribution in [2.45, 2.75) is 29.0 Å². The Hall–Kier alpha value is -2.63. The fourth-order valence-electron chi connectivity index (χ4n) is 3.94. The lowest BCUT2D eigenvalue weighted by atomic mass is 10.1. The normalized spacial score (nSPS) is 17.3. The average molecular weight is 582 g/mol. The van der Waals surface area contributed by atoms with Crippen LogP contribution in [0.5, 0.6) is 0 Å². The molecule has 1 saturated heterocycles. The Bertz CT molecular complexity index is 1430. The van der Waals surface area contributed by atoms with Gasteiger partial charge in [0, 0.05) is 36.8 Å². The van der Waals surface area contributed by atoms with E-state index >= 15 is 0 Å². The van der Waals surface area contributed by atoms with Crippen LogP contribution in [-0.2, 0) is 26.2 Å². The van der Waals surface area contributed by atoms with Crippen molar-refractivity contribution >= 4 is 47.2 Å². The Labute approximate surface area is 213 Å². The molecule has 2 aromatic carbocycles. The number of furan rings is 1. The fourth-order valence-corrected chi connectivity index (χ4v) is 7.10. The van der Waals surface area contributed by atoms with E-state index in [2.05, 4.69) is 15.9 Å². The molecular weight excluding hydrogens is 556 g/mol. The Balaban J connectivity index is 1.63. The number of carbonyl (C=O) groups excluding carboxylic acids is 1. The van der Waals surface area contributed by atoms with E-state index in [1.165, 1.54) is 29.2 Å². The van der Waals surface area contributed by atoms with E-state index in [4.69, 9.17) is 4.42 Å². The van der Waals surface area contributed by atoms with Gasteiger partial charge in [-0.1, -0.05) is 28.1 Å². The molecule has 1 aromatic heterocycles. The highest BCUT2D eigenvalue weighted by molar-refractivity contribution is 9.10. The summed E-state index contributed by atoms with van der Waals surface area (Å²) in [5, 5.41) is -0.350. The molecule has 0 spiro atoms. The molecule has 3 aromatic rings. The number of amides is 1. The first-order valence-corrected chi connectivity index (χ1v) is 14.9. The molecule has 11 heteroatoms. The van der Waals surface area contributed by atoms with Gasteiger partial charge in [0.25, 0.3) is 5.91 Å². The second kappa shape index (κ2) is 9.79. The first kappa shape index (κ1) is 25.5. The van der Waals surface area contributed by atoms with E-state index in [-0.39, 0.29) is 33.8 Å². The number of rotatable bonds is 7. The molecule has 1 fully saturated rings. The summed E-state index contributed by atoms with van der Waals surface area (Å²) in [4.78, 5) is 16.9. The first-order chi connectivity index (χ1) is 16.5. The second-order valence-electron chi connectivity index (χ2n) is 8.63. The van der Waals surface area contributed by atoms with Gasteiger partial charge in [-0.15, -0.1) is 0 Å². The van der Waals surface area contributed by atoms with Crippen molar-refractivity contribution in [3.05, 3.63) is 76.5 Å². The topological polar surface area (TPSA) is 105 Å². The van der Waals surface area contributed by atoms with E-state index in [0.717, 1.165) is 15.7 Å². The van der Waals surface area contributed by atoms with Crippen LogP contribution in [0.2, 0.25) is 0 Å². The number of anilines is 1. The van der Waals surface area contributed by atoms with Crippen LogP contribution in [0.3, 0.4) is 0 Å². The van der Waals surface area contributed by atoms with E-state index in [1.807, 2.05) is 43.3 Å². The van der Waals surface area contributed by atoms with Crippen molar-refractivity contribution in [2.75, 3.05) is 30.5 Å². The van der Waals surface area contributed by atoms with Gasteiger partial charge in [0.15, 0.2) is 15.6 Å². The lowest BCUT2D eigenvalue weighted by Crippen LogP contribution is -2.40. The molecule has 8 nitrogen and oxygen atoms in total. The Morgan fingerprint density at radius 2 is 1.69 bits per heavy atom. The van der Waals surface area contributed by atoms with Crippen LogP contribution in [0.1, 0.15) is 22.5 Å². The zero-order valence-electron chi connectivity index (χ0n) is 19.2. The van der Waals surface area contributed by atoms with Crippen LogP contribution in [0.25, 0.3) is 0 Å². The maximum absolute atomic E-state index is 13.5. The van der Waals surface area contributed by atoms with E-state index < -0.39 is 31.6 Å². The number of sulfone groups is 2. The molecule has 0 bridgehead atoms. The van der Waals surface area contributed by atoms with Crippen molar-refractivity contribution in [2.24, 2.45) is 0 Å². The minimum atomic E-state index is -3.96. The summed E-state index contributed by atoms with van der Waals surface area (Å²) in [5.41, 5.74) is 1.81. The van der Waals surface area contributed by atoms with Gasteiger partial charge in [0.1, 0.15) is 0 Å². The van der Waals surface area contributed by atoms with Crippen molar-refractivity contribution in [1.29, 1.82) is 0 Å². The molecular formula is C24H25BrN2O6S2. The molecule has 186 valence electrons. The van der Waals surface area contributed by atoms with Gasteiger partial charge in [-0.25, -0.2) is 16.8 Å². The van der Waals surface area contributed by atoms with Gasteiger partial charge in [0.2, 0.25) is 14.9 Å². The van der Waals surface area contributed by atoms with Crippen LogP contribution < -0.4 is 4.90 Å². The Morgan fingerprint density at radius 1 is 1.03 bits per heavy atom. The molecule has 1 atom stereocenters. The van der Waals surface area contributed by atoms with Crippen molar-refractivity contribution in [1.82, 2.24) is 4.90 Å². The van der Waals surface area contributed by atoms with Gasteiger partial charge in [-0.05, 0) is 60.5 Å². The smallest absolute Gasteiger partial charge is 0.290 e. The quantitative estimate of drug-likeness (QED) is 0.419. The number of carbonyl (C=O) groups is 1.